The van der Waals surface area contributed by atoms with Crippen LogP contribution in [0.1, 0.15) is 40.7 Å². The van der Waals surface area contributed by atoms with Crippen LogP contribution in [0.2, 0.25) is 0 Å². The average molecular weight is 376 g/mol. The number of amides is 1. The molecule has 2 aromatic heterocycles. The van der Waals surface area contributed by atoms with Crippen molar-refractivity contribution in [2.24, 2.45) is 0 Å². The fourth-order valence-electron chi connectivity index (χ4n) is 3.68. The molecule has 1 amide bonds. The van der Waals surface area contributed by atoms with E-state index in [2.05, 4.69) is 29.8 Å². The molecule has 1 aliphatic rings. The lowest BCUT2D eigenvalue weighted by Crippen LogP contribution is -2.30. The molecule has 0 radical (unpaired) electrons. The first-order valence-corrected chi connectivity index (χ1v) is 9.51. The Morgan fingerprint density at radius 1 is 1.25 bits per heavy atom. The molecule has 0 spiro atoms. The van der Waals surface area contributed by atoms with Gasteiger partial charge in [-0.05, 0) is 49.8 Å². The topological polar surface area (TPSA) is 56.4 Å². The first-order chi connectivity index (χ1) is 13.6. The summed E-state index contributed by atoms with van der Waals surface area (Å²) < 4.78 is 13.3. The fourth-order valence-corrected chi connectivity index (χ4v) is 3.68. The van der Waals surface area contributed by atoms with E-state index in [1.807, 2.05) is 42.5 Å². The molecule has 5 heteroatoms. The van der Waals surface area contributed by atoms with E-state index in [0.717, 1.165) is 40.4 Å². The number of aryl methyl sites for hydroxylation is 1. The minimum Gasteiger partial charge on any atom is -0.493 e. The molecule has 3 heterocycles. The second-order valence-electron chi connectivity index (χ2n) is 7.06. The number of ether oxygens (including phenoxy) is 1. The van der Waals surface area contributed by atoms with Gasteiger partial charge < -0.3 is 19.0 Å². The summed E-state index contributed by atoms with van der Waals surface area (Å²) in [6.07, 6.45) is 5.94. The van der Waals surface area contributed by atoms with Crippen molar-refractivity contribution in [1.29, 1.82) is 0 Å². The summed E-state index contributed by atoms with van der Waals surface area (Å²) in [6.45, 7) is 5.41. The number of furan rings is 1. The quantitative estimate of drug-likeness (QED) is 0.672. The third-order valence-corrected chi connectivity index (χ3v) is 5.20. The number of nitrogens with zero attached hydrogens (tertiary/aromatic N) is 1. The predicted molar refractivity (Wildman–Crippen MR) is 108 cm³/mol. The van der Waals surface area contributed by atoms with Crippen molar-refractivity contribution in [2.75, 3.05) is 6.61 Å². The number of hydrogen-bond acceptors (Lipinski definition) is 3. The SMILES string of the molecule is Cc1cc(/C=C/C(=O)NC2CCOc3ccccc32)c(C)n1Cc1ccco1. The highest BCUT2D eigenvalue weighted by Crippen LogP contribution is 2.31. The molecule has 0 aliphatic carbocycles. The Morgan fingerprint density at radius 3 is 2.93 bits per heavy atom. The third-order valence-electron chi connectivity index (χ3n) is 5.20. The van der Waals surface area contributed by atoms with Crippen LogP contribution in [0.3, 0.4) is 0 Å². The van der Waals surface area contributed by atoms with E-state index in [1.54, 1.807) is 12.3 Å². The van der Waals surface area contributed by atoms with Gasteiger partial charge >= 0.3 is 0 Å². The smallest absolute Gasteiger partial charge is 0.244 e. The molecule has 0 saturated carbocycles. The second kappa shape index (κ2) is 7.80. The second-order valence-corrected chi connectivity index (χ2v) is 7.06. The fraction of sp³-hybridized carbons (Fsp3) is 0.261. The number of aromatic nitrogens is 1. The number of para-hydroxylation sites is 1. The van der Waals surface area contributed by atoms with Gasteiger partial charge in [-0.25, -0.2) is 0 Å². The zero-order valence-electron chi connectivity index (χ0n) is 16.1. The van der Waals surface area contributed by atoms with Crippen LogP contribution in [0.25, 0.3) is 6.08 Å². The standard InChI is InChI=1S/C23H24N2O3/c1-16-14-18(17(2)25(16)15-19-6-5-12-27-19)9-10-23(26)24-21-11-13-28-22-8-4-3-7-20(21)22/h3-10,12,14,21H,11,13,15H2,1-2H3,(H,24,26)/b10-9+. The van der Waals surface area contributed by atoms with E-state index in [0.29, 0.717) is 13.2 Å². The summed E-state index contributed by atoms with van der Waals surface area (Å²) in [5.74, 6) is 1.66. The van der Waals surface area contributed by atoms with Crippen molar-refractivity contribution in [3.05, 3.63) is 83.1 Å². The molecule has 0 fully saturated rings. The van der Waals surface area contributed by atoms with Crippen molar-refractivity contribution in [3.63, 3.8) is 0 Å². The summed E-state index contributed by atoms with van der Waals surface area (Å²) in [4.78, 5) is 12.5. The summed E-state index contributed by atoms with van der Waals surface area (Å²) in [6, 6.07) is 13.8. The molecule has 1 unspecified atom stereocenters. The van der Waals surface area contributed by atoms with Crippen LogP contribution in [0.5, 0.6) is 5.75 Å². The van der Waals surface area contributed by atoms with Crippen LogP contribution in [-0.4, -0.2) is 17.1 Å². The Labute approximate surface area is 164 Å². The van der Waals surface area contributed by atoms with E-state index in [4.69, 9.17) is 9.15 Å². The van der Waals surface area contributed by atoms with E-state index < -0.39 is 0 Å². The highest BCUT2D eigenvalue weighted by Gasteiger charge is 2.21. The number of fused-ring (bicyclic) bond motifs is 1. The van der Waals surface area contributed by atoms with Crippen molar-refractivity contribution in [2.45, 2.75) is 32.9 Å². The van der Waals surface area contributed by atoms with Crippen LogP contribution in [0, 0.1) is 13.8 Å². The minimum atomic E-state index is -0.0995. The summed E-state index contributed by atoms with van der Waals surface area (Å²) in [5, 5.41) is 3.10. The minimum absolute atomic E-state index is 0.0199. The largest absolute Gasteiger partial charge is 0.493 e. The predicted octanol–water partition coefficient (Wildman–Crippen LogP) is 4.40. The van der Waals surface area contributed by atoms with E-state index in [9.17, 15) is 4.79 Å². The van der Waals surface area contributed by atoms with Gasteiger partial charge in [0.15, 0.2) is 0 Å². The number of carbonyl (C=O) groups is 1. The first-order valence-electron chi connectivity index (χ1n) is 9.51. The molecular weight excluding hydrogens is 352 g/mol. The highest BCUT2D eigenvalue weighted by atomic mass is 16.5. The highest BCUT2D eigenvalue weighted by molar-refractivity contribution is 5.92. The van der Waals surface area contributed by atoms with Gasteiger partial charge in [-0.15, -0.1) is 0 Å². The maximum Gasteiger partial charge on any atom is 0.244 e. The van der Waals surface area contributed by atoms with Crippen molar-refractivity contribution in [3.8, 4) is 5.75 Å². The maximum absolute atomic E-state index is 12.5. The van der Waals surface area contributed by atoms with Gasteiger partial charge in [0, 0.05) is 29.4 Å². The summed E-state index contributed by atoms with van der Waals surface area (Å²) >= 11 is 0. The van der Waals surface area contributed by atoms with E-state index in [-0.39, 0.29) is 11.9 Å². The van der Waals surface area contributed by atoms with E-state index in [1.165, 1.54) is 0 Å². The molecule has 0 bridgehead atoms. The van der Waals surface area contributed by atoms with Crippen LogP contribution >= 0.6 is 0 Å². The number of rotatable bonds is 5. The van der Waals surface area contributed by atoms with Gasteiger partial charge in [-0.2, -0.15) is 0 Å². The van der Waals surface area contributed by atoms with Crippen molar-refractivity contribution >= 4 is 12.0 Å². The molecule has 1 aliphatic heterocycles. The number of nitrogens with one attached hydrogen (secondary N) is 1. The van der Waals surface area contributed by atoms with Crippen LogP contribution in [-0.2, 0) is 11.3 Å². The van der Waals surface area contributed by atoms with Crippen molar-refractivity contribution in [1.82, 2.24) is 9.88 Å². The van der Waals surface area contributed by atoms with Gasteiger partial charge in [0.1, 0.15) is 11.5 Å². The van der Waals surface area contributed by atoms with Gasteiger partial charge in [0.25, 0.3) is 0 Å². The lowest BCUT2D eigenvalue weighted by molar-refractivity contribution is -0.117. The molecule has 144 valence electrons. The van der Waals surface area contributed by atoms with E-state index >= 15 is 0 Å². The molecule has 4 rings (SSSR count). The summed E-state index contributed by atoms with van der Waals surface area (Å²) in [7, 11) is 0. The normalized spacial score (nSPS) is 16.0. The van der Waals surface area contributed by atoms with Crippen LogP contribution in [0.4, 0.5) is 0 Å². The Bertz CT molecular complexity index is 999. The van der Waals surface area contributed by atoms with Crippen molar-refractivity contribution < 1.29 is 13.9 Å². The monoisotopic (exact) mass is 376 g/mol. The zero-order valence-corrected chi connectivity index (χ0v) is 16.1. The molecule has 1 N–H and O–H groups in total. The number of benzene rings is 1. The lowest BCUT2D eigenvalue weighted by Gasteiger charge is -2.26. The molecule has 3 aromatic rings. The van der Waals surface area contributed by atoms with Gasteiger partial charge in [-0.1, -0.05) is 18.2 Å². The number of hydrogen-bond donors (Lipinski definition) is 1. The van der Waals surface area contributed by atoms with Gasteiger partial charge in [0.2, 0.25) is 5.91 Å². The summed E-state index contributed by atoms with van der Waals surface area (Å²) in [5.41, 5.74) is 4.31. The molecule has 5 nitrogen and oxygen atoms in total. The molecular formula is C23H24N2O3. The zero-order chi connectivity index (χ0) is 19.5. The Hall–Kier alpha value is -3.21. The maximum atomic E-state index is 12.5. The lowest BCUT2D eigenvalue weighted by atomic mass is 10.0. The van der Waals surface area contributed by atoms with Gasteiger partial charge in [-0.3, -0.25) is 4.79 Å². The Kier molecular flexibility index (Phi) is 5.06. The number of carbonyl (C=O) groups excluding carboxylic acids is 1. The van der Waals surface area contributed by atoms with Crippen LogP contribution in [0.15, 0.2) is 59.2 Å². The van der Waals surface area contributed by atoms with Crippen LogP contribution < -0.4 is 10.1 Å². The first kappa shape index (κ1) is 18.2. The molecule has 0 saturated heterocycles. The molecule has 1 atom stereocenters. The molecule has 1 aromatic carbocycles. The Morgan fingerprint density at radius 2 is 2.11 bits per heavy atom. The average Bonchev–Trinajstić information content (AvgIpc) is 3.30. The Balaban J connectivity index is 1.45. The van der Waals surface area contributed by atoms with Gasteiger partial charge in [0.05, 0.1) is 25.5 Å². The molecule has 28 heavy (non-hydrogen) atoms. The third kappa shape index (κ3) is 3.74.